The number of piperazine rings is 2. The van der Waals surface area contributed by atoms with E-state index >= 15 is 0 Å². The first-order valence-electron chi connectivity index (χ1n) is 28.5. The first kappa shape index (κ1) is 67.0. The minimum absolute atomic E-state index is 0. The average Bonchev–Trinajstić information content (AvgIpc) is 2.13. The quantitative estimate of drug-likeness (QED) is 0.0299. The van der Waals surface area contributed by atoms with Crippen LogP contribution in [0.4, 0.5) is 9.59 Å². The highest BCUT2D eigenvalue weighted by atomic mass is 16.6. The van der Waals surface area contributed by atoms with Crippen molar-refractivity contribution in [3.05, 3.63) is 222 Å². The van der Waals surface area contributed by atoms with E-state index in [-0.39, 0.29) is 59.0 Å². The molecule has 2 saturated heterocycles. The zero-order valence-electron chi connectivity index (χ0n) is 46.7. The van der Waals surface area contributed by atoms with E-state index in [1.807, 2.05) is 53.4 Å². The summed E-state index contributed by atoms with van der Waals surface area (Å²) in [6.07, 6.45) is 7.69. The molecule has 1 atom stereocenters. The van der Waals surface area contributed by atoms with Gasteiger partial charge in [-0.2, -0.15) is 0 Å². The summed E-state index contributed by atoms with van der Waals surface area (Å²) >= 11 is 0. The van der Waals surface area contributed by atoms with E-state index in [0.717, 1.165) is 25.9 Å². The Morgan fingerprint density at radius 3 is 1.16 bits per heavy atom. The van der Waals surface area contributed by atoms with E-state index in [0.29, 0.717) is 104 Å². The van der Waals surface area contributed by atoms with Gasteiger partial charge in [0, 0.05) is 58.3 Å². The van der Waals surface area contributed by atoms with E-state index in [9.17, 15) is 9.59 Å². The second-order valence-electron chi connectivity index (χ2n) is 19.6. The van der Waals surface area contributed by atoms with Gasteiger partial charge in [-0.05, 0) is 59.2 Å². The van der Waals surface area contributed by atoms with Gasteiger partial charge in [-0.15, -0.1) is 0 Å². The number of amides is 2. The fourth-order valence-corrected chi connectivity index (χ4v) is 11.1. The summed E-state index contributed by atoms with van der Waals surface area (Å²) in [4.78, 5) is 34.2. The molecule has 6 aromatic rings. The third-order valence-electron chi connectivity index (χ3n) is 14.7. The third-order valence-corrected chi connectivity index (χ3v) is 14.7. The number of carbonyl (C=O) groups excluding carboxylic acids is 2. The lowest BCUT2D eigenvalue weighted by Gasteiger charge is -2.52. The van der Waals surface area contributed by atoms with Crippen molar-refractivity contribution < 1.29 is 53.3 Å². The predicted molar refractivity (Wildman–Crippen MR) is 327 cm³/mol. The number of para-hydroxylation sites is 1. The Labute approximate surface area is 493 Å². The maximum Gasteiger partial charge on any atom is 0.415 e. The van der Waals surface area contributed by atoms with E-state index in [1.54, 1.807) is 4.90 Å². The Morgan fingerprint density at radius 2 is 0.771 bits per heavy atom. The second kappa shape index (κ2) is 37.4. The summed E-state index contributed by atoms with van der Waals surface area (Å²) in [6.45, 7) is 8.74. The van der Waals surface area contributed by atoms with Gasteiger partial charge in [-0.1, -0.05) is 197 Å². The summed E-state index contributed by atoms with van der Waals surface area (Å²) in [5.74, 6) is 0.957. The van der Waals surface area contributed by atoms with Crippen LogP contribution in [0.1, 0.15) is 61.9 Å². The van der Waals surface area contributed by atoms with Gasteiger partial charge < -0.3 is 53.5 Å². The standard InChI is InChI=1S/C30H36N2O5.C30H32N2O2.C6H14O4.2CH4/c33-20-21-35-22-23-36-24-25-37-29(34)31-16-18-32(19-17-31)30(26-10-4-1-5-11-26,27-12-6-2-7-13-27)28-14-8-3-9-15-28;33-29(34-28-19-11-4-12-20-28)31-21-23-32(24-22-31)30(25-13-5-1-6-14-25,26-15-7-2-8-16-26)27-17-9-3-10-18-27;7-1-3-9-5-6-10-4-2-8;;/h1-15,33H,16-25H2;1-2,4-9,11-17,19-20,27H,3,10,18,21-24H2;7-8H,1-6H2;2*1H4. The zero-order chi connectivity index (χ0) is 56.6. The number of allylic oxidation sites excluding steroid dienone is 1. The summed E-state index contributed by atoms with van der Waals surface area (Å²) < 4.78 is 31.4. The van der Waals surface area contributed by atoms with Crippen LogP contribution >= 0.6 is 0 Å². The van der Waals surface area contributed by atoms with Crippen LogP contribution < -0.4 is 4.74 Å². The predicted octanol–water partition coefficient (Wildman–Crippen LogP) is 10.1. The van der Waals surface area contributed by atoms with Crippen LogP contribution in [0, 0.1) is 5.92 Å². The number of carbonyl (C=O) groups is 2. The number of benzene rings is 6. The molecule has 0 saturated carbocycles. The Bertz CT molecular complexity index is 2520. The minimum Gasteiger partial charge on any atom is -0.447 e. The van der Waals surface area contributed by atoms with Gasteiger partial charge >= 0.3 is 12.2 Å². The lowest BCUT2D eigenvalue weighted by molar-refractivity contribution is 0.00917. The topological polar surface area (TPSA) is 163 Å². The largest absolute Gasteiger partial charge is 0.447 e. The summed E-state index contributed by atoms with van der Waals surface area (Å²) in [7, 11) is 0. The molecule has 0 aromatic heterocycles. The molecule has 448 valence electrons. The minimum atomic E-state index is -0.480. The van der Waals surface area contributed by atoms with Gasteiger partial charge in [-0.25, -0.2) is 9.59 Å². The number of aliphatic hydroxyl groups is 3. The van der Waals surface area contributed by atoms with Crippen molar-refractivity contribution in [3.8, 4) is 5.75 Å². The molecule has 15 nitrogen and oxygen atoms in total. The van der Waals surface area contributed by atoms with Gasteiger partial charge in [-0.3, -0.25) is 9.80 Å². The van der Waals surface area contributed by atoms with Gasteiger partial charge in [0.1, 0.15) is 12.4 Å². The van der Waals surface area contributed by atoms with Gasteiger partial charge in [0.25, 0.3) is 0 Å². The summed E-state index contributed by atoms with van der Waals surface area (Å²) in [5, 5.41) is 25.2. The summed E-state index contributed by atoms with van der Waals surface area (Å²) in [6, 6.07) is 63.0. The Balaban J connectivity index is 0.000000256. The summed E-state index contributed by atoms with van der Waals surface area (Å²) in [5.41, 5.74) is 5.48. The molecular formula is C68H90N4O11. The molecule has 15 heteroatoms. The number of ether oxygens (including phenoxy) is 6. The van der Waals surface area contributed by atoms with Crippen molar-refractivity contribution in [1.82, 2.24) is 19.6 Å². The number of nitrogens with zero attached hydrogens (tertiary/aromatic N) is 4. The van der Waals surface area contributed by atoms with Crippen LogP contribution in [0.25, 0.3) is 0 Å². The van der Waals surface area contributed by atoms with Crippen LogP contribution in [-0.2, 0) is 34.8 Å². The Hall–Kier alpha value is -6.76. The smallest absolute Gasteiger partial charge is 0.415 e. The highest BCUT2D eigenvalue weighted by molar-refractivity contribution is 5.71. The van der Waals surface area contributed by atoms with E-state index in [2.05, 4.69) is 155 Å². The average molecular weight is 1140 g/mol. The van der Waals surface area contributed by atoms with Crippen molar-refractivity contribution in [3.63, 3.8) is 0 Å². The maximum absolute atomic E-state index is 12.8. The van der Waals surface area contributed by atoms with Crippen molar-refractivity contribution in [1.29, 1.82) is 0 Å². The third kappa shape index (κ3) is 18.9. The van der Waals surface area contributed by atoms with Gasteiger partial charge in [0.15, 0.2) is 0 Å². The maximum atomic E-state index is 12.8. The normalized spacial score (nSPS) is 15.5. The SMILES string of the molecule is C.C.O=C(OCCOCCOCCO)N1CCN(C(c2ccccc2)(c2ccccc2)c2ccccc2)CC1.O=C(Oc1ccccc1)N1CCN(C(c2ccccc2)(c2ccccc2)C2C=CCCC2)CC1.OCCOCCOCCO. The molecule has 1 aliphatic carbocycles. The monoisotopic (exact) mass is 1140 g/mol. The van der Waals surface area contributed by atoms with E-state index in [1.165, 1.54) is 34.2 Å². The first-order chi connectivity index (χ1) is 40.0. The van der Waals surface area contributed by atoms with Crippen LogP contribution in [0.5, 0.6) is 5.75 Å². The highest BCUT2D eigenvalue weighted by Crippen LogP contribution is 2.47. The molecule has 2 fully saturated rings. The van der Waals surface area contributed by atoms with Crippen molar-refractivity contribution in [2.75, 3.05) is 132 Å². The zero-order valence-corrected chi connectivity index (χ0v) is 46.7. The highest BCUT2D eigenvalue weighted by Gasteiger charge is 2.48. The van der Waals surface area contributed by atoms with Crippen molar-refractivity contribution in [2.24, 2.45) is 5.92 Å². The molecular weight excluding hydrogens is 1050 g/mol. The molecule has 3 aliphatic rings. The fourth-order valence-electron chi connectivity index (χ4n) is 11.1. The lowest BCUT2D eigenvalue weighted by Crippen LogP contribution is -2.59. The Kier molecular flexibility index (Phi) is 30.2. The van der Waals surface area contributed by atoms with Crippen LogP contribution in [-0.4, -0.2) is 179 Å². The molecule has 0 bridgehead atoms. The molecule has 6 aromatic carbocycles. The lowest BCUT2D eigenvalue weighted by atomic mass is 9.68. The van der Waals surface area contributed by atoms with Gasteiger partial charge in [0.2, 0.25) is 0 Å². The number of aliphatic hydroxyl groups excluding tert-OH is 3. The molecule has 9 rings (SSSR count). The molecule has 0 spiro atoms. The molecule has 83 heavy (non-hydrogen) atoms. The van der Waals surface area contributed by atoms with E-state index < -0.39 is 5.54 Å². The number of rotatable bonds is 24. The Morgan fingerprint density at radius 1 is 0.422 bits per heavy atom. The van der Waals surface area contributed by atoms with Crippen molar-refractivity contribution in [2.45, 2.75) is 45.2 Å². The van der Waals surface area contributed by atoms with Crippen molar-refractivity contribution >= 4 is 12.2 Å². The molecule has 3 N–H and O–H groups in total. The molecule has 0 radical (unpaired) electrons. The molecule has 2 aliphatic heterocycles. The van der Waals surface area contributed by atoms with E-state index in [4.69, 9.17) is 43.7 Å². The van der Waals surface area contributed by atoms with Crippen LogP contribution in [0.2, 0.25) is 0 Å². The first-order valence-corrected chi connectivity index (χ1v) is 28.5. The second-order valence-corrected chi connectivity index (χ2v) is 19.6. The number of hydrogen-bond acceptors (Lipinski definition) is 13. The fraction of sp³-hybridized carbons (Fsp3) is 0.412. The number of hydrogen-bond donors (Lipinski definition) is 3. The van der Waals surface area contributed by atoms with Crippen LogP contribution in [0.15, 0.2) is 194 Å². The van der Waals surface area contributed by atoms with Gasteiger partial charge in [0.05, 0.1) is 83.8 Å². The van der Waals surface area contributed by atoms with Crippen LogP contribution in [0.3, 0.4) is 0 Å². The molecule has 2 heterocycles. The molecule has 1 unspecified atom stereocenters. The molecule has 2 amide bonds.